The predicted octanol–water partition coefficient (Wildman–Crippen LogP) is 4.75. The molecule has 0 aliphatic rings. The quantitative estimate of drug-likeness (QED) is 0.812. The molecule has 2 aromatic heterocycles. The highest BCUT2D eigenvalue weighted by Crippen LogP contribution is 2.33. The molecule has 0 saturated heterocycles. The average molecular weight is 380 g/mol. The first-order chi connectivity index (χ1) is 8.97. The Hall–Kier alpha value is 0.0900. The summed E-state index contributed by atoms with van der Waals surface area (Å²) in [5, 5.41) is 2.17. The largest absolute Gasteiger partial charge is 0.326 e. The molecule has 0 saturated carbocycles. The van der Waals surface area contributed by atoms with Crippen molar-refractivity contribution in [2.24, 2.45) is 5.73 Å². The van der Waals surface area contributed by atoms with Crippen molar-refractivity contribution >= 4 is 50.2 Å². The first kappa shape index (κ1) is 15.5. The summed E-state index contributed by atoms with van der Waals surface area (Å²) in [6.07, 6.45) is 0. The van der Waals surface area contributed by atoms with Crippen molar-refractivity contribution in [3.63, 3.8) is 0 Å². The van der Waals surface area contributed by atoms with E-state index in [1.54, 1.807) is 22.7 Å². The molecule has 2 nitrogen and oxygen atoms in total. The third-order valence-electron chi connectivity index (χ3n) is 2.91. The van der Waals surface area contributed by atoms with Crippen LogP contribution < -0.4 is 5.73 Å². The minimum absolute atomic E-state index is 0.0572. The van der Waals surface area contributed by atoms with Crippen molar-refractivity contribution in [2.45, 2.75) is 25.6 Å². The molecule has 2 heterocycles. The van der Waals surface area contributed by atoms with Crippen LogP contribution in [0.25, 0.3) is 0 Å². The van der Waals surface area contributed by atoms with E-state index in [1.807, 2.05) is 13.0 Å². The van der Waals surface area contributed by atoms with Gasteiger partial charge in [0.2, 0.25) is 0 Å². The monoisotopic (exact) mass is 378 g/mol. The van der Waals surface area contributed by atoms with E-state index in [4.69, 9.17) is 17.3 Å². The van der Waals surface area contributed by atoms with Crippen LogP contribution in [0.15, 0.2) is 27.4 Å². The second-order valence-electron chi connectivity index (χ2n) is 4.62. The minimum atomic E-state index is 0.0572. The van der Waals surface area contributed by atoms with Crippen molar-refractivity contribution < 1.29 is 0 Å². The first-order valence-corrected chi connectivity index (χ1v) is 8.78. The van der Waals surface area contributed by atoms with Crippen LogP contribution in [0.2, 0.25) is 4.34 Å². The molecule has 104 valence electrons. The van der Waals surface area contributed by atoms with E-state index in [9.17, 15) is 0 Å². The molecular formula is C13H16BrClN2S2. The molecule has 0 spiro atoms. The molecule has 0 aliphatic carbocycles. The molecule has 0 radical (unpaired) electrons. The van der Waals surface area contributed by atoms with Gasteiger partial charge in [0.25, 0.3) is 0 Å². The van der Waals surface area contributed by atoms with Crippen molar-refractivity contribution in [2.75, 3.05) is 7.05 Å². The van der Waals surface area contributed by atoms with Gasteiger partial charge >= 0.3 is 0 Å². The van der Waals surface area contributed by atoms with Gasteiger partial charge in [-0.15, -0.1) is 22.7 Å². The Kier molecular flexibility index (Phi) is 5.45. The number of halogens is 2. The van der Waals surface area contributed by atoms with Crippen LogP contribution in [0.4, 0.5) is 0 Å². The van der Waals surface area contributed by atoms with Gasteiger partial charge in [0, 0.05) is 17.5 Å². The van der Waals surface area contributed by atoms with E-state index in [0.29, 0.717) is 0 Å². The third-order valence-corrected chi connectivity index (χ3v) is 5.77. The van der Waals surface area contributed by atoms with Crippen molar-refractivity contribution in [3.05, 3.63) is 42.1 Å². The number of thiophene rings is 2. The van der Waals surface area contributed by atoms with E-state index in [0.717, 1.165) is 14.7 Å². The number of likely N-dealkylation sites (N-methyl/N-ethyl adjacent to an activating group) is 1. The maximum Gasteiger partial charge on any atom is 0.0931 e. The van der Waals surface area contributed by atoms with E-state index in [2.05, 4.69) is 45.4 Å². The standard InChI is InChI=1S/C13H16BrClN2S2/c1-8(16)13(10-3-4-12(15)19-10)17(2)6-9-5-11(14)18-7-9/h3-5,7-8,13H,6,16H2,1-2H3. The van der Waals surface area contributed by atoms with E-state index < -0.39 is 0 Å². The maximum absolute atomic E-state index is 6.15. The molecule has 2 unspecified atom stereocenters. The summed E-state index contributed by atoms with van der Waals surface area (Å²) in [7, 11) is 2.10. The Morgan fingerprint density at radius 1 is 1.47 bits per heavy atom. The van der Waals surface area contributed by atoms with E-state index in [-0.39, 0.29) is 12.1 Å². The molecule has 6 heteroatoms. The minimum Gasteiger partial charge on any atom is -0.326 e. The lowest BCUT2D eigenvalue weighted by Gasteiger charge is -2.30. The van der Waals surface area contributed by atoms with Crippen LogP contribution >= 0.6 is 50.2 Å². The summed E-state index contributed by atoms with van der Waals surface area (Å²) in [4.78, 5) is 3.50. The maximum atomic E-state index is 6.15. The number of nitrogens with two attached hydrogens (primary N) is 1. The number of nitrogens with zero attached hydrogens (tertiary/aromatic N) is 1. The van der Waals surface area contributed by atoms with Crippen molar-refractivity contribution in [1.29, 1.82) is 0 Å². The van der Waals surface area contributed by atoms with Crippen LogP contribution in [0.1, 0.15) is 23.4 Å². The smallest absolute Gasteiger partial charge is 0.0931 e. The number of rotatable bonds is 5. The molecule has 19 heavy (non-hydrogen) atoms. The van der Waals surface area contributed by atoms with Crippen LogP contribution in [0, 0.1) is 0 Å². The van der Waals surface area contributed by atoms with Gasteiger partial charge in [0.1, 0.15) is 0 Å². The molecule has 2 N–H and O–H groups in total. The lowest BCUT2D eigenvalue weighted by atomic mass is 10.1. The van der Waals surface area contributed by atoms with Crippen LogP contribution in [0.3, 0.4) is 0 Å². The third kappa shape index (κ3) is 4.03. The van der Waals surface area contributed by atoms with Crippen molar-refractivity contribution in [3.8, 4) is 0 Å². The fraction of sp³-hybridized carbons (Fsp3) is 0.385. The molecule has 2 rings (SSSR count). The SMILES string of the molecule is CC(N)C(c1ccc(Cl)s1)N(C)Cc1csc(Br)c1. The number of hydrogen-bond donors (Lipinski definition) is 1. The zero-order chi connectivity index (χ0) is 14.0. The Morgan fingerprint density at radius 2 is 2.21 bits per heavy atom. The summed E-state index contributed by atoms with van der Waals surface area (Å²) < 4.78 is 1.97. The molecular weight excluding hydrogens is 364 g/mol. The molecule has 2 atom stereocenters. The molecule has 0 aromatic carbocycles. The summed E-state index contributed by atoms with van der Waals surface area (Å²) in [5.41, 5.74) is 7.45. The van der Waals surface area contributed by atoms with Gasteiger partial charge in [-0.2, -0.15) is 0 Å². The second-order valence-corrected chi connectivity index (χ2v) is 8.66. The Labute approximate surface area is 135 Å². The molecule has 0 bridgehead atoms. The highest BCUT2D eigenvalue weighted by atomic mass is 79.9. The molecule has 0 fully saturated rings. The second kappa shape index (κ2) is 6.70. The predicted molar refractivity (Wildman–Crippen MR) is 89.2 cm³/mol. The zero-order valence-corrected chi connectivity index (χ0v) is 14.7. The molecule has 0 aliphatic heterocycles. The molecule has 0 amide bonds. The van der Waals surface area contributed by atoms with E-state index >= 15 is 0 Å². The van der Waals surface area contributed by atoms with Gasteiger partial charge in [-0.05, 0) is 59.0 Å². The summed E-state index contributed by atoms with van der Waals surface area (Å²) in [6.45, 7) is 2.92. The zero-order valence-electron chi connectivity index (χ0n) is 10.8. The fourth-order valence-corrected chi connectivity index (χ4v) is 4.72. The highest BCUT2D eigenvalue weighted by Gasteiger charge is 2.23. The summed E-state index contributed by atoms with van der Waals surface area (Å²) in [5.74, 6) is 0. The van der Waals surface area contributed by atoms with Gasteiger partial charge in [-0.3, -0.25) is 4.90 Å². The van der Waals surface area contributed by atoms with Gasteiger partial charge in [-0.1, -0.05) is 11.6 Å². The van der Waals surface area contributed by atoms with Gasteiger partial charge in [-0.25, -0.2) is 0 Å². The van der Waals surface area contributed by atoms with Gasteiger partial charge < -0.3 is 5.73 Å². The van der Waals surface area contributed by atoms with Crippen molar-refractivity contribution in [1.82, 2.24) is 4.90 Å². The fourth-order valence-electron chi connectivity index (χ4n) is 2.18. The van der Waals surface area contributed by atoms with Crippen LogP contribution in [0.5, 0.6) is 0 Å². The van der Waals surface area contributed by atoms with Gasteiger partial charge in [0.15, 0.2) is 0 Å². The summed E-state index contributed by atoms with van der Waals surface area (Å²) in [6, 6.07) is 6.41. The lowest BCUT2D eigenvalue weighted by Crippen LogP contribution is -2.36. The Bertz CT molecular complexity index is 538. The van der Waals surface area contributed by atoms with Crippen LogP contribution in [-0.4, -0.2) is 18.0 Å². The Morgan fingerprint density at radius 3 is 2.68 bits per heavy atom. The lowest BCUT2D eigenvalue weighted by molar-refractivity contribution is 0.214. The first-order valence-electron chi connectivity index (χ1n) is 5.91. The Balaban J connectivity index is 2.15. The average Bonchev–Trinajstić information content (AvgIpc) is 2.88. The van der Waals surface area contributed by atoms with Crippen LogP contribution in [-0.2, 0) is 6.54 Å². The topological polar surface area (TPSA) is 29.3 Å². The van der Waals surface area contributed by atoms with Gasteiger partial charge in [0.05, 0.1) is 14.2 Å². The molecule has 2 aromatic rings. The summed E-state index contributed by atoms with van der Waals surface area (Å²) >= 11 is 12.8. The number of hydrogen-bond acceptors (Lipinski definition) is 4. The highest BCUT2D eigenvalue weighted by molar-refractivity contribution is 9.11. The van der Waals surface area contributed by atoms with E-state index in [1.165, 1.54) is 10.4 Å². The normalized spacial score (nSPS) is 14.8.